The van der Waals surface area contributed by atoms with Crippen molar-refractivity contribution in [2.24, 2.45) is 0 Å². The van der Waals surface area contributed by atoms with Crippen LogP contribution in [0.5, 0.6) is 17.2 Å². The van der Waals surface area contributed by atoms with Gasteiger partial charge in [0.15, 0.2) is 11.5 Å². The number of nitrogens with zero attached hydrogens (tertiary/aromatic N) is 1. The lowest BCUT2D eigenvalue weighted by atomic mass is 10.1. The topological polar surface area (TPSA) is 134 Å². The fraction of sp³-hybridized carbons (Fsp3) is 0.185. The minimum Gasteiger partial charge on any atom is -0.494 e. The largest absolute Gasteiger partial charge is 0.494 e. The normalized spacial score (nSPS) is 14.3. The first-order valence-corrected chi connectivity index (χ1v) is 11.5. The molecule has 0 aliphatic carbocycles. The average molecular weight is 520 g/mol. The number of barbiturate groups is 1. The minimum absolute atomic E-state index is 0.00651. The molecule has 0 radical (unpaired) electrons. The molecule has 0 atom stereocenters. The SMILES string of the molecule is CCOc1cccc(N2C(=O)NC(=O)C(=Cc3ccc(OCc4ccc(C(=O)OC)o4)c(OC)c3)C2=O)c1. The van der Waals surface area contributed by atoms with E-state index in [9.17, 15) is 19.2 Å². The first kappa shape index (κ1) is 26.0. The number of hydrogen-bond donors (Lipinski definition) is 1. The molecule has 0 unspecified atom stereocenters. The van der Waals surface area contributed by atoms with Crippen LogP contribution in [0, 0.1) is 0 Å². The molecule has 1 aromatic heterocycles. The van der Waals surface area contributed by atoms with E-state index in [0.29, 0.717) is 35.2 Å². The first-order chi connectivity index (χ1) is 18.3. The number of urea groups is 1. The molecule has 38 heavy (non-hydrogen) atoms. The lowest BCUT2D eigenvalue weighted by Crippen LogP contribution is -2.54. The molecule has 11 nitrogen and oxygen atoms in total. The second-order valence-electron chi connectivity index (χ2n) is 7.84. The molecule has 3 aromatic rings. The number of amides is 4. The molecule has 4 rings (SSSR count). The van der Waals surface area contributed by atoms with Crippen LogP contribution in [0.1, 0.15) is 28.8 Å². The van der Waals surface area contributed by atoms with Gasteiger partial charge in [-0.3, -0.25) is 14.9 Å². The Morgan fingerprint density at radius 1 is 1.00 bits per heavy atom. The van der Waals surface area contributed by atoms with Crippen LogP contribution in [0.4, 0.5) is 10.5 Å². The lowest BCUT2D eigenvalue weighted by molar-refractivity contribution is -0.122. The van der Waals surface area contributed by atoms with Crippen molar-refractivity contribution < 1.29 is 42.5 Å². The highest BCUT2D eigenvalue weighted by Gasteiger charge is 2.37. The Morgan fingerprint density at radius 2 is 1.82 bits per heavy atom. The number of ether oxygens (including phenoxy) is 4. The number of carbonyl (C=O) groups is 4. The monoisotopic (exact) mass is 520 g/mol. The number of benzene rings is 2. The van der Waals surface area contributed by atoms with Crippen LogP contribution in [0.25, 0.3) is 6.08 Å². The smallest absolute Gasteiger partial charge is 0.373 e. The van der Waals surface area contributed by atoms with Gasteiger partial charge in [-0.2, -0.15) is 0 Å². The summed E-state index contributed by atoms with van der Waals surface area (Å²) in [4.78, 5) is 50.7. The van der Waals surface area contributed by atoms with Crippen molar-refractivity contribution in [3.05, 3.63) is 77.3 Å². The van der Waals surface area contributed by atoms with E-state index in [2.05, 4.69) is 10.1 Å². The number of carbonyl (C=O) groups excluding carboxylic acids is 4. The molecular weight excluding hydrogens is 496 g/mol. The van der Waals surface area contributed by atoms with Crippen molar-refractivity contribution in [3.63, 3.8) is 0 Å². The second-order valence-corrected chi connectivity index (χ2v) is 7.84. The second kappa shape index (κ2) is 11.3. The number of methoxy groups -OCH3 is 2. The van der Waals surface area contributed by atoms with Gasteiger partial charge in [0.05, 0.1) is 26.5 Å². The van der Waals surface area contributed by atoms with Crippen LogP contribution >= 0.6 is 0 Å². The molecule has 1 aliphatic rings. The van der Waals surface area contributed by atoms with Gasteiger partial charge in [0.2, 0.25) is 5.76 Å². The Kier molecular flexibility index (Phi) is 7.76. The van der Waals surface area contributed by atoms with Crippen LogP contribution in [-0.4, -0.2) is 44.6 Å². The average Bonchev–Trinajstić information content (AvgIpc) is 3.39. The van der Waals surface area contributed by atoms with Gasteiger partial charge in [-0.1, -0.05) is 12.1 Å². The number of anilines is 1. The summed E-state index contributed by atoms with van der Waals surface area (Å²) in [5.41, 5.74) is 0.468. The van der Waals surface area contributed by atoms with Gasteiger partial charge in [0.1, 0.15) is 23.7 Å². The summed E-state index contributed by atoms with van der Waals surface area (Å²) in [7, 11) is 2.69. The molecule has 1 saturated heterocycles. The zero-order valence-electron chi connectivity index (χ0n) is 20.8. The number of furan rings is 1. The third kappa shape index (κ3) is 5.51. The van der Waals surface area contributed by atoms with Gasteiger partial charge in [0, 0.05) is 6.07 Å². The van der Waals surface area contributed by atoms with E-state index >= 15 is 0 Å². The highest BCUT2D eigenvalue weighted by Crippen LogP contribution is 2.31. The van der Waals surface area contributed by atoms with E-state index < -0.39 is 23.8 Å². The molecule has 0 spiro atoms. The predicted molar refractivity (Wildman–Crippen MR) is 134 cm³/mol. The van der Waals surface area contributed by atoms with Crippen LogP contribution in [0.3, 0.4) is 0 Å². The zero-order chi connectivity index (χ0) is 27.2. The van der Waals surface area contributed by atoms with Crippen LogP contribution in [-0.2, 0) is 20.9 Å². The van der Waals surface area contributed by atoms with Gasteiger partial charge in [-0.25, -0.2) is 14.5 Å². The summed E-state index contributed by atoms with van der Waals surface area (Å²) in [6.07, 6.45) is 1.35. The zero-order valence-corrected chi connectivity index (χ0v) is 20.8. The van der Waals surface area contributed by atoms with Crippen molar-refractivity contribution in [1.29, 1.82) is 0 Å². The maximum atomic E-state index is 13.2. The summed E-state index contributed by atoms with van der Waals surface area (Å²) in [5.74, 6) is -0.621. The quantitative estimate of drug-likeness (QED) is 0.255. The number of nitrogens with one attached hydrogen (secondary N) is 1. The van der Waals surface area contributed by atoms with E-state index in [1.807, 2.05) is 6.92 Å². The molecule has 2 heterocycles. The molecule has 4 amide bonds. The maximum absolute atomic E-state index is 13.2. The van der Waals surface area contributed by atoms with Gasteiger partial charge in [0.25, 0.3) is 11.8 Å². The van der Waals surface area contributed by atoms with Crippen LogP contribution in [0.15, 0.2) is 64.6 Å². The Balaban J connectivity index is 1.55. The highest BCUT2D eigenvalue weighted by molar-refractivity contribution is 6.39. The molecule has 0 saturated carbocycles. The van der Waals surface area contributed by atoms with E-state index in [4.69, 9.17) is 18.6 Å². The molecule has 1 fully saturated rings. The predicted octanol–water partition coefficient (Wildman–Crippen LogP) is 3.72. The molecule has 2 aromatic carbocycles. The van der Waals surface area contributed by atoms with E-state index in [1.165, 1.54) is 32.4 Å². The van der Waals surface area contributed by atoms with Crippen molar-refractivity contribution in [3.8, 4) is 17.2 Å². The third-order valence-electron chi connectivity index (χ3n) is 5.41. The molecule has 1 N–H and O–H groups in total. The van der Waals surface area contributed by atoms with Gasteiger partial charge in [-0.15, -0.1) is 0 Å². The van der Waals surface area contributed by atoms with Crippen molar-refractivity contribution >= 4 is 35.6 Å². The Labute approximate surface area is 217 Å². The number of esters is 1. The van der Waals surface area contributed by atoms with Gasteiger partial charge in [-0.05, 0) is 55.0 Å². The van der Waals surface area contributed by atoms with E-state index in [0.717, 1.165) is 4.90 Å². The summed E-state index contributed by atoms with van der Waals surface area (Å²) in [5, 5.41) is 2.19. The fourth-order valence-corrected chi connectivity index (χ4v) is 3.65. The molecule has 11 heteroatoms. The first-order valence-electron chi connectivity index (χ1n) is 11.5. The van der Waals surface area contributed by atoms with E-state index in [-0.39, 0.29) is 23.6 Å². The standard InChI is InChI=1S/C27H24N2O9/c1-4-36-18-7-5-6-17(14-18)29-25(31)20(24(30)28-27(29)33)12-16-8-10-21(23(13-16)34-2)37-15-19-9-11-22(38-19)26(32)35-3/h5-14H,4,15H2,1-3H3,(H,28,30,33). The Bertz CT molecular complexity index is 1420. The summed E-state index contributed by atoms with van der Waals surface area (Å²) in [6, 6.07) is 13.4. The highest BCUT2D eigenvalue weighted by atomic mass is 16.5. The number of rotatable bonds is 9. The molecule has 196 valence electrons. The summed E-state index contributed by atoms with van der Waals surface area (Å²) in [6.45, 7) is 2.23. The lowest BCUT2D eigenvalue weighted by Gasteiger charge is -2.26. The third-order valence-corrected chi connectivity index (χ3v) is 5.41. The fourth-order valence-electron chi connectivity index (χ4n) is 3.65. The Morgan fingerprint density at radius 3 is 2.55 bits per heavy atom. The van der Waals surface area contributed by atoms with Crippen molar-refractivity contribution in [2.45, 2.75) is 13.5 Å². The Hall–Kier alpha value is -5.06. The summed E-state index contributed by atoms with van der Waals surface area (Å²) < 4.78 is 26.6. The van der Waals surface area contributed by atoms with Crippen molar-refractivity contribution in [2.75, 3.05) is 25.7 Å². The molecule has 0 bridgehead atoms. The maximum Gasteiger partial charge on any atom is 0.373 e. The molecule has 1 aliphatic heterocycles. The number of imide groups is 2. The number of hydrogen-bond acceptors (Lipinski definition) is 9. The summed E-state index contributed by atoms with van der Waals surface area (Å²) >= 11 is 0. The van der Waals surface area contributed by atoms with Crippen LogP contribution < -0.4 is 24.4 Å². The van der Waals surface area contributed by atoms with E-state index in [1.54, 1.807) is 42.5 Å². The minimum atomic E-state index is -0.861. The van der Waals surface area contributed by atoms with Gasteiger partial charge < -0.3 is 23.4 Å². The molecular formula is C27H24N2O9. The van der Waals surface area contributed by atoms with Crippen molar-refractivity contribution in [1.82, 2.24) is 5.32 Å². The van der Waals surface area contributed by atoms with Crippen LogP contribution in [0.2, 0.25) is 0 Å². The van der Waals surface area contributed by atoms with Gasteiger partial charge >= 0.3 is 12.0 Å².